The van der Waals surface area contributed by atoms with Gasteiger partial charge in [0.15, 0.2) is 10.6 Å². The first-order valence-electron chi connectivity index (χ1n) is 4.61. The molecule has 0 spiro atoms. The van der Waals surface area contributed by atoms with Crippen LogP contribution in [0.5, 0.6) is 0 Å². The van der Waals surface area contributed by atoms with E-state index in [0.29, 0.717) is 12.7 Å². The van der Waals surface area contributed by atoms with Crippen molar-refractivity contribution in [2.45, 2.75) is 43.4 Å². The maximum Gasteiger partial charge on any atom is 0.176 e. The number of unbranched alkanes of at least 4 members (excludes halogenated alkanes) is 3. The van der Waals surface area contributed by atoms with Gasteiger partial charge >= 0.3 is 0 Å². The highest BCUT2D eigenvalue weighted by molar-refractivity contribution is 6.55. The van der Waals surface area contributed by atoms with E-state index in [1.807, 2.05) is 12.2 Å². The van der Waals surface area contributed by atoms with E-state index in [1.54, 1.807) is 0 Å². The lowest BCUT2D eigenvalue weighted by atomic mass is 10.2. The fourth-order valence-electron chi connectivity index (χ4n) is 0.919. The molecule has 13 heavy (non-hydrogen) atoms. The van der Waals surface area contributed by atoms with Crippen LogP contribution in [-0.4, -0.2) is 10.6 Å². The molecule has 0 atom stereocenters. The zero-order valence-electron chi connectivity index (χ0n) is 7.93. The van der Waals surface area contributed by atoms with Crippen LogP contribution in [0.1, 0.15) is 39.0 Å². The van der Waals surface area contributed by atoms with Crippen LogP contribution >= 0.6 is 23.2 Å². The molecule has 0 heterocycles. The highest BCUT2D eigenvalue weighted by Crippen LogP contribution is 2.22. The lowest BCUT2D eigenvalue weighted by Gasteiger charge is -2.06. The second-order valence-electron chi connectivity index (χ2n) is 3.05. The second kappa shape index (κ2) is 7.40. The first kappa shape index (κ1) is 13.0. The molecule has 76 valence electrons. The molecule has 0 aliphatic carbocycles. The van der Waals surface area contributed by atoms with Crippen molar-refractivity contribution in [2.24, 2.45) is 0 Å². The maximum absolute atomic E-state index is 10.3. The van der Waals surface area contributed by atoms with E-state index in [4.69, 9.17) is 23.2 Å². The number of halogens is 2. The number of hydrogen-bond donors (Lipinski definition) is 0. The van der Waals surface area contributed by atoms with E-state index >= 15 is 0 Å². The summed E-state index contributed by atoms with van der Waals surface area (Å²) >= 11 is 11.2. The van der Waals surface area contributed by atoms with Crippen molar-refractivity contribution in [1.29, 1.82) is 0 Å². The minimum atomic E-state index is -1.23. The number of allylic oxidation sites excluding steroid dienone is 2. The Hall–Kier alpha value is -0.0100. The average Bonchev–Trinajstić information content (AvgIpc) is 2.11. The molecule has 3 heteroatoms. The highest BCUT2D eigenvalue weighted by atomic mass is 35.5. The van der Waals surface area contributed by atoms with Gasteiger partial charge in [-0.15, -0.1) is 0 Å². The Labute approximate surface area is 90.1 Å². The van der Waals surface area contributed by atoms with Crippen LogP contribution in [0.25, 0.3) is 0 Å². The molecule has 0 saturated heterocycles. The Morgan fingerprint density at radius 1 is 1.23 bits per heavy atom. The van der Waals surface area contributed by atoms with Crippen LogP contribution in [-0.2, 0) is 4.79 Å². The van der Waals surface area contributed by atoms with Crippen molar-refractivity contribution in [3.05, 3.63) is 12.2 Å². The topological polar surface area (TPSA) is 17.1 Å². The molecule has 0 aromatic heterocycles. The van der Waals surface area contributed by atoms with Crippen molar-refractivity contribution in [3.63, 3.8) is 0 Å². The molecule has 0 bridgehead atoms. The summed E-state index contributed by atoms with van der Waals surface area (Å²) in [7, 11) is 0. The first-order chi connectivity index (χ1) is 6.12. The van der Waals surface area contributed by atoms with E-state index in [9.17, 15) is 4.79 Å². The lowest BCUT2D eigenvalue weighted by Crippen LogP contribution is -2.12. The van der Waals surface area contributed by atoms with E-state index in [0.717, 1.165) is 6.42 Å². The molecular formula is C10H16Cl2O. The average molecular weight is 223 g/mol. The van der Waals surface area contributed by atoms with Gasteiger partial charge in [-0.3, -0.25) is 4.79 Å². The Balaban J connectivity index is 3.46. The fraction of sp³-hybridized carbons (Fsp3) is 0.700. The Kier molecular flexibility index (Phi) is 7.39. The number of alkyl halides is 2. The summed E-state index contributed by atoms with van der Waals surface area (Å²) in [4.78, 5) is 10.3. The molecule has 0 unspecified atom stereocenters. The van der Waals surface area contributed by atoms with Crippen molar-refractivity contribution < 1.29 is 4.79 Å². The molecule has 0 rings (SSSR count). The third-order valence-corrected chi connectivity index (χ3v) is 2.19. The van der Waals surface area contributed by atoms with Crippen LogP contribution in [0.15, 0.2) is 12.2 Å². The second-order valence-corrected chi connectivity index (χ2v) is 4.59. The van der Waals surface area contributed by atoms with Crippen molar-refractivity contribution in [2.75, 3.05) is 0 Å². The van der Waals surface area contributed by atoms with Crippen LogP contribution in [0.3, 0.4) is 0 Å². The van der Waals surface area contributed by atoms with Gasteiger partial charge < -0.3 is 0 Å². The van der Waals surface area contributed by atoms with Crippen LogP contribution < -0.4 is 0 Å². The lowest BCUT2D eigenvalue weighted by molar-refractivity contribution is -0.108. The van der Waals surface area contributed by atoms with Crippen LogP contribution in [0, 0.1) is 0 Å². The third-order valence-electron chi connectivity index (χ3n) is 1.70. The van der Waals surface area contributed by atoms with Crippen molar-refractivity contribution in [1.82, 2.24) is 0 Å². The van der Waals surface area contributed by atoms with E-state index in [-0.39, 0.29) is 0 Å². The summed E-state index contributed by atoms with van der Waals surface area (Å²) in [5.41, 5.74) is 0. The summed E-state index contributed by atoms with van der Waals surface area (Å²) in [5.74, 6) is 0. The molecule has 0 N–H and O–H groups in total. The Morgan fingerprint density at radius 3 is 2.46 bits per heavy atom. The number of hydrogen-bond acceptors (Lipinski definition) is 1. The van der Waals surface area contributed by atoms with E-state index < -0.39 is 4.33 Å². The van der Waals surface area contributed by atoms with E-state index in [2.05, 4.69) is 6.92 Å². The molecule has 0 saturated carbocycles. The predicted molar refractivity (Wildman–Crippen MR) is 58.4 cm³/mol. The molecule has 0 aromatic carbocycles. The summed E-state index contributed by atoms with van der Waals surface area (Å²) in [5, 5.41) is 0. The Bertz CT molecular complexity index is 164. The summed E-state index contributed by atoms with van der Waals surface area (Å²) in [6.45, 7) is 2.17. The van der Waals surface area contributed by atoms with Gasteiger partial charge in [0.25, 0.3) is 0 Å². The van der Waals surface area contributed by atoms with Crippen molar-refractivity contribution >= 4 is 29.5 Å². The first-order valence-corrected chi connectivity index (χ1v) is 5.37. The fourth-order valence-corrected chi connectivity index (χ4v) is 1.10. The van der Waals surface area contributed by atoms with Gasteiger partial charge in [0, 0.05) is 6.42 Å². The summed E-state index contributed by atoms with van der Waals surface area (Å²) < 4.78 is -1.23. The molecule has 1 nitrogen and oxygen atoms in total. The Morgan fingerprint density at radius 2 is 1.92 bits per heavy atom. The molecule has 0 aliphatic heterocycles. The number of rotatable bonds is 7. The van der Waals surface area contributed by atoms with Gasteiger partial charge in [-0.2, -0.15) is 0 Å². The molecular weight excluding hydrogens is 207 g/mol. The molecule has 0 aromatic rings. The van der Waals surface area contributed by atoms with Gasteiger partial charge in [0.2, 0.25) is 0 Å². The zero-order chi connectivity index (χ0) is 10.2. The number of carbonyl (C=O) groups is 1. The predicted octanol–water partition coefficient (Wildman–Crippen LogP) is 3.89. The van der Waals surface area contributed by atoms with Crippen LogP contribution in [0.2, 0.25) is 0 Å². The van der Waals surface area contributed by atoms with Gasteiger partial charge in [-0.1, -0.05) is 55.1 Å². The van der Waals surface area contributed by atoms with Gasteiger partial charge in [0.1, 0.15) is 0 Å². The highest BCUT2D eigenvalue weighted by Gasteiger charge is 2.19. The summed E-state index contributed by atoms with van der Waals surface area (Å²) in [6.07, 6.45) is 9.53. The minimum Gasteiger partial charge on any atom is -0.300 e. The minimum absolute atomic E-state index is 0.395. The zero-order valence-corrected chi connectivity index (χ0v) is 9.44. The largest absolute Gasteiger partial charge is 0.300 e. The number of carbonyl (C=O) groups excluding carboxylic acids is 1. The van der Waals surface area contributed by atoms with Gasteiger partial charge in [0.05, 0.1) is 0 Å². The standard InChI is InChI=1S/C10H16Cl2O/c1-2-3-4-5-6-7-8-10(11,12)9-13/h6-7,9H,2-5,8H2,1H3/b7-6+. The summed E-state index contributed by atoms with van der Waals surface area (Å²) in [6, 6.07) is 0. The molecule has 0 fully saturated rings. The third kappa shape index (κ3) is 8.32. The maximum atomic E-state index is 10.3. The molecule has 0 radical (unpaired) electrons. The normalized spacial score (nSPS) is 12.2. The van der Waals surface area contributed by atoms with Gasteiger partial charge in [-0.25, -0.2) is 0 Å². The van der Waals surface area contributed by atoms with E-state index in [1.165, 1.54) is 19.3 Å². The SMILES string of the molecule is CCCCC/C=C/CC(Cl)(Cl)C=O. The molecule has 0 aliphatic rings. The van der Waals surface area contributed by atoms with Crippen LogP contribution in [0.4, 0.5) is 0 Å². The molecule has 0 amide bonds. The van der Waals surface area contributed by atoms with Gasteiger partial charge in [-0.05, 0) is 12.8 Å². The monoisotopic (exact) mass is 222 g/mol. The quantitative estimate of drug-likeness (QED) is 0.277. The number of aldehydes is 1. The van der Waals surface area contributed by atoms with Crippen molar-refractivity contribution in [3.8, 4) is 0 Å². The smallest absolute Gasteiger partial charge is 0.176 e.